The molecule has 1 fully saturated rings. The molecule has 2 heterocycles. The van der Waals surface area contributed by atoms with Gasteiger partial charge < -0.3 is 19.1 Å². The maximum absolute atomic E-state index is 12.1. The number of carbonyl (C=O) groups excluding carboxylic acids is 2. The molecule has 0 aliphatic carbocycles. The summed E-state index contributed by atoms with van der Waals surface area (Å²) in [6.45, 7) is 4.75. The maximum Gasteiger partial charge on any atom is 0.310 e. The number of carbonyl (C=O) groups is 2. The van der Waals surface area contributed by atoms with Crippen LogP contribution in [0.3, 0.4) is 0 Å². The summed E-state index contributed by atoms with van der Waals surface area (Å²) < 4.78 is 15.7. The lowest BCUT2D eigenvalue weighted by molar-refractivity contribution is -0.149. The lowest BCUT2D eigenvalue weighted by Gasteiger charge is -2.31. The van der Waals surface area contributed by atoms with Gasteiger partial charge in [0.25, 0.3) is 0 Å². The zero-order chi connectivity index (χ0) is 18.4. The van der Waals surface area contributed by atoms with Crippen molar-refractivity contribution in [2.45, 2.75) is 26.2 Å². The number of hydrogen-bond acceptors (Lipinski definition) is 6. The van der Waals surface area contributed by atoms with Crippen molar-refractivity contribution in [2.24, 2.45) is 5.92 Å². The molecule has 27 heavy (non-hydrogen) atoms. The molecule has 0 aromatic heterocycles. The number of esters is 1. The van der Waals surface area contributed by atoms with Crippen molar-refractivity contribution in [3.63, 3.8) is 0 Å². The van der Waals surface area contributed by atoms with Crippen LogP contribution in [0.25, 0.3) is 6.08 Å². The molecule has 3 rings (SSSR count). The summed E-state index contributed by atoms with van der Waals surface area (Å²) in [6, 6.07) is 5.60. The highest BCUT2D eigenvalue weighted by molar-refractivity contribution is 5.93. The number of fused-ring (bicyclic) bond motifs is 1. The largest absolute Gasteiger partial charge is 0.466 e. The summed E-state index contributed by atoms with van der Waals surface area (Å²) >= 11 is 0. The lowest BCUT2D eigenvalue weighted by Crippen LogP contribution is -2.40. The molecule has 1 aromatic rings. The van der Waals surface area contributed by atoms with Gasteiger partial charge in [-0.3, -0.25) is 9.59 Å². The molecule has 0 amide bonds. The van der Waals surface area contributed by atoms with Crippen molar-refractivity contribution >= 4 is 30.2 Å². The third kappa shape index (κ3) is 5.97. The van der Waals surface area contributed by atoms with Gasteiger partial charge in [-0.05, 0) is 50.1 Å². The number of nitrogens with zero attached hydrogens (tertiary/aromatic N) is 1. The van der Waals surface area contributed by atoms with E-state index >= 15 is 0 Å². The van der Waals surface area contributed by atoms with Crippen LogP contribution in [0, 0.1) is 5.92 Å². The maximum atomic E-state index is 12.1. The van der Waals surface area contributed by atoms with Crippen molar-refractivity contribution < 1.29 is 23.8 Å². The van der Waals surface area contributed by atoms with Crippen LogP contribution < -0.4 is 9.47 Å². The number of likely N-dealkylation sites (tertiary alicyclic amines) is 1. The molecule has 2 aliphatic heterocycles. The van der Waals surface area contributed by atoms with Gasteiger partial charge in [-0.15, -0.1) is 12.4 Å². The topological polar surface area (TPSA) is 65.1 Å². The first-order chi connectivity index (χ1) is 12.7. The van der Waals surface area contributed by atoms with Crippen LogP contribution in [0.5, 0.6) is 11.5 Å². The zero-order valence-electron chi connectivity index (χ0n) is 15.5. The van der Waals surface area contributed by atoms with Gasteiger partial charge in [-0.2, -0.15) is 0 Å². The van der Waals surface area contributed by atoms with Crippen molar-refractivity contribution in [2.75, 3.05) is 33.0 Å². The van der Waals surface area contributed by atoms with Gasteiger partial charge in [0.2, 0.25) is 6.79 Å². The lowest BCUT2D eigenvalue weighted by atomic mass is 9.98. The van der Waals surface area contributed by atoms with Gasteiger partial charge in [-0.25, -0.2) is 0 Å². The molecular formula is C20H26ClNO5. The smallest absolute Gasteiger partial charge is 0.310 e. The van der Waals surface area contributed by atoms with Gasteiger partial charge >= 0.3 is 5.97 Å². The quantitative estimate of drug-likeness (QED) is 0.522. The Morgan fingerprint density at radius 3 is 2.93 bits per heavy atom. The molecule has 1 atom stereocenters. The predicted octanol–water partition coefficient (Wildman–Crippen LogP) is 3.08. The first-order valence-electron chi connectivity index (χ1n) is 9.15. The van der Waals surface area contributed by atoms with Gasteiger partial charge in [0.05, 0.1) is 12.5 Å². The number of halogens is 1. The SMILES string of the molecule is CCOC(=O)C1CCCN(CCC(=O)C=Cc2ccc3c(c2)OCO3)C1.Cl. The van der Waals surface area contributed by atoms with E-state index in [9.17, 15) is 9.59 Å². The third-order valence-electron chi connectivity index (χ3n) is 4.66. The highest BCUT2D eigenvalue weighted by Crippen LogP contribution is 2.32. The number of rotatable bonds is 7. The Balaban J connectivity index is 0.00000261. The molecule has 2 aliphatic rings. The molecule has 1 aromatic carbocycles. The number of ketones is 1. The number of allylic oxidation sites excluding steroid dienone is 1. The molecule has 0 saturated carbocycles. The van der Waals surface area contributed by atoms with E-state index in [0.29, 0.717) is 31.9 Å². The Labute approximate surface area is 165 Å². The normalized spacial score (nSPS) is 18.9. The molecule has 148 valence electrons. The second kappa shape index (κ2) is 10.3. The molecule has 0 spiro atoms. The molecule has 1 unspecified atom stereocenters. The third-order valence-corrected chi connectivity index (χ3v) is 4.66. The predicted molar refractivity (Wildman–Crippen MR) is 104 cm³/mol. The minimum absolute atomic E-state index is 0. The van der Waals surface area contributed by atoms with Crippen LogP contribution in [0.1, 0.15) is 31.7 Å². The summed E-state index contributed by atoms with van der Waals surface area (Å²) in [4.78, 5) is 26.2. The number of ether oxygens (including phenoxy) is 3. The molecule has 0 N–H and O–H groups in total. The zero-order valence-corrected chi connectivity index (χ0v) is 16.3. The number of benzene rings is 1. The van der Waals surface area contributed by atoms with Crippen LogP contribution in [0.2, 0.25) is 0 Å². The first kappa shape index (κ1) is 21.3. The summed E-state index contributed by atoms with van der Waals surface area (Å²) in [7, 11) is 0. The average molecular weight is 396 g/mol. The summed E-state index contributed by atoms with van der Waals surface area (Å²) in [5, 5.41) is 0. The van der Waals surface area contributed by atoms with Gasteiger partial charge in [-0.1, -0.05) is 12.1 Å². The Kier molecular flexibility index (Phi) is 8.13. The molecule has 1 saturated heterocycles. The standard InChI is InChI=1S/C20H25NO5.ClH/c1-2-24-20(23)16-4-3-10-21(13-16)11-9-17(22)7-5-15-6-8-18-19(12-15)26-14-25-18;/h5-8,12,16H,2-4,9-11,13-14H2,1H3;1H. The summed E-state index contributed by atoms with van der Waals surface area (Å²) in [5.41, 5.74) is 0.906. The summed E-state index contributed by atoms with van der Waals surface area (Å²) in [6.07, 6.45) is 5.67. The molecule has 0 radical (unpaired) electrons. The van der Waals surface area contributed by atoms with E-state index in [1.807, 2.05) is 25.1 Å². The fourth-order valence-electron chi connectivity index (χ4n) is 3.27. The summed E-state index contributed by atoms with van der Waals surface area (Å²) in [5.74, 6) is 1.32. The fourth-order valence-corrected chi connectivity index (χ4v) is 3.27. The van der Waals surface area contributed by atoms with Gasteiger partial charge in [0.15, 0.2) is 17.3 Å². The van der Waals surface area contributed by atoms with E-state index < -0.39 is 0 Å². The second-order valence-corrected chi connectivity index (χ2v) is 6.55. The Morgan fingerprint density at radius 2 is 2.11 bits per heavy atom. The first-order valence-corrected chi connectivity index (χ1v) is 9.15. The Bertz CT molecular complexity index is 691. The highest BCUT2D eigenvalue weighted by atomic mass is 35.5. The number of hydrogen-bond donors (Lipinski definition) is 0. The molecule has 6 nitrogen and oxygen atoms in total. The van der Waals surface area contributed by atoms with E-state index in [1.54, 1.807) is 12.2 Å². The fraction of sp³-hybridized carbons (Fsp3) is 0.500. The van der Waals surface area contributed by atoms with Crippen LogP contribution in [0.4, 0.5) is 0 Å². The van der Waals surface area contributed by atoms with Crippen molar-refractivity contribution in [3.05, 3.63) is 29.8 Å². The second-order valence-electron chi connectivity index (χ2n) is 6.55. The minimum Gasteiger partial charge on any atom is -0.466 e. The Morgan fingerprint density at radius 1 is 1.30 bits per heavy atom. The average Bonchev–Trinajstić information content (AvgIpc) is 3.13. The monoisotopic (exact) mass is 395 g/mol. The van der Waals surface area contributed by atoms with Crippen molar-refractivity contribution in [1.82, 2.24) is 4.90 Å². The van der Waals surface area contributed by atoms with Crippen LogP contribution in [0.15, 0.2) is 24.3 Å². The highest BCUT2D eigenvalue weighted by Gasteiger charge is 2.26. The van der Waals surface area contributed by atoms with E-state index in [0.717, 1.165) is 30.7 Å². The van der Waals surface area contributed by atoms with E-state index in [2.05, 4.69) is 4.90 Å². The van der Waals surface area contributed by atoms with Crippen molar-refractivity contribution in [1.29, 1.82) is 0 Å². The minimum atomic E-state index is -0.119. The van der Waals surface area contributed by atoms with Gasteiger partial charge in [0.1, 0.15) is 0 Å². The van der Waals surface area contributed by atoms with E-state index in [1.165, 1.54) is 0 Å². The van der Waals surface area contributed by atoms with Crippen LogP contribution in [-0.4, -0.2) is 49.7 Å². The van der Waals surface area contributed by atoms with E-state index in [4.69, 9.17) is 14.2 Å². The van der Waals surface area contributed by atoms with Crippen molar-refractivity contribution in [3.8, 4) is 11.5 Å². The molecule has 0 bridgehead atoms. The van der Waals surface area contributed by atoms with Gasteiger partial charge in [0, 0.05) is 19.5 Å². The number of piperidine rings is 1. The van der Waals surface area contributed by atoms with E-state index in [-0.39, 0.29) is 36.9 Å². The molecule has 7 heteroatoms. The Hall–Kier alpha value is -2.05. The molecular weight excluding hydrogens is 370 g/mol. The van der Waals surface area contributed by atoms with Crippen LogP contribution >= 0.6 is 12.4 Å². The van der Waals surface area contributed by atoms with Crippen LogP contribution in [-0.2, 0) is 14.3 Å².